The summed E-state index contributed by atoms with van der Waals surface area (Å²) in [4.78, 5) is 0. The minimum absolute atomic E-state index is 0.643. The quantitative estimate of drug-likeness (QED) is 0.823. The van der Waals surface area contributed by atoms with E-state index in [0.29, 0.717) is 5.02 Å². The summed E-state index contributed by atoms with van der Waals surface area (Å²) in [5.41, 5.74) is 4.64. The topological polar surface area (TPSA) is 21.3 Å². The van der Waals surface area contributed by atoms with E-state index in [9.17, 15) is 0 Å². The summed E-state index contributed by atoms with van der Waals surface area (Å²) in [6, 6.07) is 10.1. The number of aryl methyl sites for hydroxylation is 2. The second-order valence-electron chi connectivity index (χ2n) is 5.32. The monoisotopic (exact) mass is 303 g/mol. The van der Waals surface area contributed by atoms with Gasteiger partial charge in [-0.15, -0.1) is 0 Å². The highest BCUT2D eigenvalue weighted by molar-refractivity contribution is 6.32. The summed E-state index contributed by atoms with van der Waals surface area (Å²) in [6.07, 6.45) is 0. The van der Waals surface area contributed by atoms with Gasteiger partial charge in [-0.25, -0.2) is 0 Å². The van der Waals surface area contributed by atoms with E-state index < -0.39 is 0 Å². The Kier molecular flexibility index (Phi) is 5.27. The van der Waals surface area contributed by atoms with E-state index in [0.717, 1.165) is 35.7 Å². The molecule has 0 radical (unpaired) electrons. The number of rotatable bonds is 5. The van der Waals surface area contributed by atoms with E-state index in [2.05, 4.69) is 45.1 Å². The maximum atomic E-state index is 6.34. The lowest BCUT2D eigenvalue weighted by Crippen LogP contribution is -2.12. The molecule has 0 amide bonds. The van der Waals surface area contributed by atoms with Crippen LogP contribution in [0.4, 0.5) is 0 Å². The van der Waals surface area contributed by atoms with Crippen LogP contribution in [-0.4, -0.2) is 6.54 Å². The van der Waals surface area contributed by atoms with Gasteiger partial charge >= 0.3 is 0 Å². The molecule has 2 aromatic rings. The molecular formula is C18H22ClNO. The molecule has 2 aromatic carbocycles. The first-order valence-corrected chi connectivity index (χ1v) is 7.64. The first kappa shape index (κ1) is 15.9. The third kappa shape index (κ3) is 3.78. The number of hydrogen-bond acceptors (Lipinski definition) is 2. The van der Waals surface area contributed by atoms with E-state index in [1.54, 1.807) is 0 Å². The van der Waals surface area contributed by atoms with Crippen LogP contribution in [0.1, 0.15) is 29.2 Å². The van der Waals surface area contributed by atoms with Crippen LogP contribution < -0.4 is 10.1 Å². The van der Waals surface area contributed by atoms with E-state index in [1.165, 1.54) is 11.1 Å². The number of ether oxygens (including phenoxy) is 1. The van der Waals surface area contributed by atoms with E-state index >= 15 is 0 Å². The van der Waals surface area contributed by atoms with Gasteiger partial charge in [-0.05, 0) is 56.1 Å². The number of hydrogen-bond donors (Lipinski definition) is 1. The zero-order valence-corrected chi connectivity index (χ0v) is 13.8. The molecule has 0 aliphatic rings. The minimum Gasteiger partial charge on any atom is -0.455 e. The second kappa shape index (κ2) is 6.97. The molecule has 0 saturated carbocycles. The second-order valence-corrected chi connectivity index (χ2v) is 5.72. The molecule has 0 bridgehead atoms. The van der Waals surface area contributed by atoms with Gasteiger partial charge in [0.1, 0.15) is 5.75 Å². The van der Waals surface area contributed by atoms with Gasteiger partial charge < -0.3 is 10.1 Å². The van der Waals surface area contributed by atoms with Crippen LogP contribution >= 0.6 is 11.6 Å². The Balaban J connectivity index is 2.39. The van der Waals surface area contributed by atoms with Gasteiger partial charge in [-0.2, -0.15) is 0 Å². The molecule has 0 heterocycles. The van der Waals surface area contributed by atoms with Gasteiger partial charge in [0.2, 0.25) is 0 Å². The van der Waals surface area contributed by atoms with E-state index in [1.807, 2.05) is 18.2 Å². The fourth-order valence-electron chi connectivity index (χ4n) is 2.28. The van der Waals surface area contributed by atoms with E-state index in [4.69, 9.17) is 16.3 Å². The van der Waals surface area contributed by atoms with Gasteiger partial charge in [0.25, 0.3) is 0 Å². The third-order valence-electron chi connectivity index (χ3n) is 3.59. The average molecular weight is 304 g/mol. The number of nitrogens with one attached hydrogen (secondary N) is 1. The van der Waals surface area contributed by atoms with Crippen LogP contribution in [0.3, 0.4) is 0 Å². The summed E-state index contributed by atoms with van der Waals surface area (Å²) in [5, 5.41) is 3.96. The van der Waals surface area contributed by atoms with Gasteiger partial charge in [-0.3, -0.25) is 0 Å². The Morgan fingerprint density at radius 3 is 2.62 bits per heavy atom. The van der Waals surface area contributed by atoms with Crippen LogP contribution in [0.2, 0.25) is 5.02 Å². The first-order chi connectivity index (χ1) is 10.0. The highest BCUT2D eigenvalue weighted by Gasteiger charge is 2.12. The summed E-state index contributed by atoms with van der Waals surface area (Å²) in [6.45, 7) is 9.99. The van der Waals surface area contributed by atoms with Crippen molar-refractivity contribution in [2.75, 3.05) is 6.54 Å². The van der Waals surface area contributed by atoms with Crippen molar-refractivity contribution in [2.24, 2.45) is 0 Å². The van der Waals surface area contributed by atoms with Crippen molar-refractivity contribution in [1.82, 2.24) is 5.32 Å². The molecule has 0 atom stereocenters. The summed E-state index contributed by atoms with van der Waals surface area (Å²) >= 11 is 6.34. The standard InChI is InChI=1S/C18H22ClNO/c1-5-20-11-15-7-6-8-16(19)18(15)21-17-10-12(2)9-13(3)14(17)4/h6-10,20H,5,11H2,1-4H3. The number of para-hydroxylation sites is 1. The van der Waals surface area contributed by atoms with Crippen molar-refractivity contribution in [3.8, 4) is 11.5 Å². The molecule has 2 rings (SSSR count). The lowest BCUT2D eigenvalue weighted by Gasteiger charge is -2.16. The predicted molar refractivity (Wildman–Crippen MR) is 89.6 cm³/mol. The Bertz CT molecular complexity index is 637. The molecule has 0 unspecified atom stereocenters. The lowest BCUT2D eigenvalue weighted by molar-refractivity contribution is 0.469. The van der Waals surface area contributed by atoms with Crippen LogP contribution in [0.25, 0.3) is 0 Å². The normalized spacial score (nSPS) is 10.7. The largest absolute Gasteiger partial charge is 0.455 e. The zero-order valence-electron chi connectivity index (χ0n) is 13.1. The van der Waals surface area contributed by atoms with Crippen molar-refractivity contribution in [3.63, 3.8) is 0 Å². The summed E-state index contributed by atoms with van der Waals surface area (Å²) in [5.74, 6) is 1.62. The van der Waals surface area contributed by atoms with Crippen molar-refractivity contribution >= 4 is 11.6 Å². The molecule has 2 nitrogen and oxygen atoms in total. The van der Waals surface area contributed by atoms with Crippen molar-refractivity contribution in [2.45, 2.75) is 34.2 Å². The van der Waals surface area contributed by atoms with Gasteiger partial charge in [0, 0.05) is 12.1 Å². The van der Waals surface area contributed by atoms with E-state index in [-0.39, 0.29) is 0 Å². The highest BCUT2D eigenvalue weighted by atomic mass is 35.5. The maximum absolute atomic E-state index is 6.34. The fraction of sp³-hybridized carbons (Fsp3) is 0.333. The van der Waals surface area contributed by atoms with Gasteiger partial charge in [-0.1, -0.05) is 36.7 Å². The van der Waals surface area contributed by atoms with Gasteiger partial charge in [0.15, 0.2) is 5.75 Å². The van der Waals surface area contributed by atoms with Crippen LogP contribution in [0.5, 0.6) is 11.5 Å². The first-order valence-electron chi connectivity index (χ1n) is 7.26. The smallest absolute Gasteiger partial charge is 0.150 e. The molecular weight excluding hydrogens is 282 g/mol. The van der Waals surface area contributed by atoms with Crippen LogP contribution in [-0.2, 0) is 6.54 Å². The molecule has 0 aliphatic heterocycles. The summed E-state index contributed by atoms with van der Waals surface area (Å²) < 4.78 is 6.16. The molecule has 0 fully saturated rings. The molecule has 1 N–H and O–H groups in total. The summed E-state index contributed by atoms with van der Waals surface area (Å²) in [7, 11) is 0. The zero-order chi connectivity index (χ0) is 15.4. The maximum Gasteiger partial charge on any atom is 0.150 e. The average Bonchev–Trinajstić information content (AvgIpc) is 2.44. The molecule has 0 aromatic heterocycles. The van der Waals surface area contributed by atoms with Crippen molar-refractivity contribution in [1.29, 1.82) is 0 Å². The SMILES string of the molecule is CCNCc1cccc(Cl)c1Oc1cc(C)cc(C)c1C. The molecule has 3 heteroatoms. The Morgan fingerprint density at radius 1 is 1.14 bits per heavy atom. The molecule has 21 heavy (non-hydrogen) atoms. The molecule has 0 saturated heterocycles. The molecule has 0 aliphatic carbocycles. The highest BCUT2D eigenvalue weighted by Crippen LogP contribution is 2.35. The lowest BCUT2D eigenvalue weighted by atomic mass is 10.1. The number of benzene rings is 2. The van der Waals surface area contributed by atoms with Crippen LogP contribution in [0, 0.1) is 20.8 Å². The fourth-order valence-corrected chi connectivity index (χ4v) is 2.52. The van der Waals surface area contributed by atoms with Crippen molar-refractivity contribution < 1.29 is 4.74 Å². The number of halogens is 1. The molecule has 112 valence electrons. The Labute approximate surface area is 132 Å². The molecule has 0 spiro atoms. The third-order valence-corrected chi connectivity index (χ3v) is 3.89. The Morgan fingerprint density at radius 2 is 1.90 bits per heavy atom. The van der Waals surface area contributed by atoms with Gasteiger partial charge in [0.05, 0.1) is 5.02 Å². The van der Waals surface area contributed by atoms with Crippen LogP contribution in [0.15, 0.2) is 30.3 Å². The minimum atomic E-state index is 0.643. The predicted octanol–water partition coefficient (Wildman–Crippen LogP) is 5.17. The van der Waals surface area contributed by atoms with Crippen molar-refractivity contribution in [3.05, 3.63) is 57.6 Å². The Hall–Kier alpha value is -1.51.